The van der Waals surface area contributed by atoms with Crippen LogP contribution in [0.15, 0.2) is 0 Å². The molecule has 1 fully saturated rings. The predicted octanol–water partition coefficient (Wildman–Crippen LogP) is -2.62. The number of hydrogen-bond acceptors (Lipinski definition) is 7. The van der Waals surface area contributed by atoms with Crippen LogP contribution in [-0.4, -0.2) is 77.4 Å². The van der Waals surface area contributed by atoms with Gasteiger partial charge in [0.05, 0.1) is 6.54 Å². The molecule has 0 aromatic rings. The summed E-state index contributed by atoms with van der Waals surface area (Å²) in [6, 6.07) is -3.06. The first-order valence-electron chi connectivity index (χ1n) is 10.0. The van der Waals surface area contributed by atoms with E-state index < -0.39 is 47.7 Å². The first-order valence-corrected chi connectivity index (χ1v) is 10.0. The van der Waals surface area contributed by atoms with Gasteiger partial charge in [0.2, 0.25) is 23.6 Å². The number of carbonyl (C=O) groups excluding carboxylic acids is 4. The number of carboxylic acids is 1. The van der Waals surface area contributed by atoms with Gasteiger partial charge in [-0.25, -0.2) is 4.79 Å². The molecule has 0 saturated carbocycles. The number of carboxylic acid groups (broad SMARTS) is 1. The first-order chi connectivity index (χ1) is 14.2. The highest BCUT2D eigenvalue weighted by molar-refractivity contribution is 5.94. The van der Waals surface area contributed by atoms with Crippen LogP contribution < -0.4 is 27.8 Å². The maximum atomic E-state index is 12.9. The van der Waals surface area contributed by atoms with Gasteiger partial charge in [0.1, 0.15) is 18.1 Å². The van der Waals surface area contributed by atoms with Crippen LogP contribution in [0.3, 0.4) is 0 Å². The van der Waals surface area contributed by atoms with E-state index in [1.807, 2.05) is 0 Å². The van der Waals surface area contributed by atoms with Gasteiger partial charge >= 0.3 is 5.97 Å². The van der Waals surface area contributed by atoms with Crippen molar-refractivity contribution in [1.82, 2.24) is 15.5 Å². The van der Waals surface area contributed by atoms with E-state index in [2.05, 4.69) is 10.6 Å². The van der Waals surface area contributed by atoms with Crippen molar-refractivity contribution < 1.29 is 29.1 Å². The summed E-state index contributed by atoms with van der Waals surface area (Å²) in [5.41, 5.74) is 15.9. The van der Waals surface area contributed by atoms with Crippen molar-refractivity contribution in [2.45, 2.75) is 63.1 Å². The molecule has 0 spiro atoms. The smallest absolute Gasteiger partial charge is 0.326 e. The fraction of sp³-hybridized carbons (Fsp3) is 0.722. The number of nitrogens with two attached hydrogens (primary N) is 3. The first kappa shape index (κ1) is 25.3. The molecule has 3 unspecified atom stereocenters. The van der Waals surface area contributed by atoms with Crippen LogP contribution in [-0.2, 0) is 24.0 Å². The van der Waals surface area contributed by atoms with E-state index >= 15 is 0 Å². The molecule has 0 bridgehead atoms. The lowest BCUT2D eigenvalue weighted by atomic mass is 10.1. The molecule has 1 saturated heterocycles. The number of aliphatic carboxylic acids is 1. The SMILES string of the molecule is NCCCCC(NC(=O)CN)C(=O)NC(CCC(N)=O)C(=O)N1CCCC1C(=O)O. The van der Waals surface area contributed by atoms with E-state index in [4.69, 9.17) is 17.2 Å². The lowest BCUT2D eigenvalue weighted by Gasteiger charge is -2.28. The van der Waals surface area contributed by atoms with Crippen molar-refractivity contribution in [3.63, 3.8) is 0 Å². The molecule has 0 aromatic heterocycles. The van der Waals surface area contributed by atoms with Gasteiger partial charge in [-0.15, -0.1) is 0 Å². The summed E-state index contributed by atoms with van der Waals surface area (Å²) < 4.78 is 0. The van der Waals surface area contributed by atoms with Gasteiger partial charge in [0.25, 0.3) is 0 Å². The second kappa shape index (κ2) is 12.8. The van der Waals surface area contributed by atoms with Crippen LogP contribution in [0.4, 0.5) is 0 Å². The lowest BCUT2D eigenvalue weighted by Crippen LogP contribution is -2.56. The summed E-state index contributed by atoms with van der Waals surface area (Å²) in [7, 11) is 0. The summed E-state index contributed by atoms with van der Waals surface area (Å²) in [5, 5.41) is 14.4. The van der Waals surface area contributed by atoms with E-state index in [0.29, 0.717) is 32.2 Å². The van der Waals surface area contributed by atoms with Gasteiger partial charge in [-0.1, -0.05) is 0 Å². The largest absolute Gasteiger partial charge is 0.480 e. The quantitative estimate of drug-likeness (QED) is 0.171. The van der Waals surface area contributed by atoms with E-state index in [9.17, 15) is 29.1 Å². The monoisotopic (exact) mass is 428 g/mol. The average molecular weight is 428 g/mol. The van der Waals surface area contributed by atoms with Crippen molar-refractivity contribution >= 4 is 29.6 Å². The lowest BCUT2D eigenvalue weighted by molar-refractivity contribution is -0.149. The molecule has 3 atom stereocenters. The molecule has 170 valence electrons. The maximum absolute atomic E-state index is 12.9. The molecule has 12 nitrogen and oxygen atoms in total. The van der Waals surface area contributed by atoms with Crippen LogP contribution in [0.1, 0.15) is 44.9 Å². The third kappa shape index (κ3) is 7.95. The van der Waals surface area contributed by atoms with Crippen molar-refractivity contribution in [3.05, 3.63) is 0 Å². The molecule has 4 amide bonds. The Morgan fingerprint density at radius 3 is 2.30 bits per heavy atom. The Bertz CT molecular complexity index is 643. The summed E-state index contributed by atoms with van der Waals surface area (Å²) in [4.78, 5) is 61.2. The number of amides is 4. The normalized spacial score (nSPS) is 17.8. The molecule has 0 radical (unpaired) electrons. The van der Waals surface area contributed by atoms with Crippen LogP contribution in [0, 0.1) is 0 Å². The van der Waals surface area contributed by atoms with E-state index in [-0.39, 0.29) is 32.4 Å². The Balaban J connectivity index is 2.94. The third-order valence-electron chi connectivity index (χ3n) is 4.90. The predicted molar refractivity (Wildman–Crippen MR) is 107 cm³/mol. The van der Waals surface area contributed by atoms with Crippen LogP contribution in [0.2, 0.25) is 0 Å². The van der Waals surface area contributed by atoms with Crippen molar-refractivity contribution in [3.8, 4) is 0 Å². The highest BCUT2D eigenvalue weighted by Gasteiger charge is 2.38. The summed E-state index contributed by atoms with van der Waals surface area (Å²) in [5.74, 6) is -3.54. The fourth-order valence-electron chi connectivity index (χ4n) is 3.32. The second-order valence-electron chi connectivity index (χ2n) is 7.20. The van der Waals surface area contributed by atoms with Gasteiger partial charge in [-0.3, -0.25) is 19.2 Å². The molecule has 1 aliphatic heterocycles. The Labute approximate surface area is 174 Å². The second-order valence-corrected chi connectivity index (χ2v) is 7.20. The van der Waals surface area contributed by atoms with E-state index in [0.717, 1.165) is 0 Å². The highest BCUT2D eigenvalue weighted by atomic mass is 16.4. The van der Waals surface area contributed by atoms with Crippen molar-refractivity contribution in [1.29, 1.82) is 0 Å². The Morgan fingerprint density at radius 1 is 1.03 bits per heavy atom. The number of carbonyl (C=O) groups is 5. The fourth-order valence-corrected chi connectivity index (χ4v) is 3.32. The number of rotatable bonds is 13. The molecular weight excluding hydrogens is 396 g/mol. The van der Waals surface area contributed by atoms with Crippen molar-refractivity contribution in [2.24, 2.45) is 17.2 Å². The van der Waals surface area contributed by atoms with Crippen molar-refractivity contribution in [2.75, 3.05) is 19.6 Å². The topological polar surface area (TPSA) is 211 Å². The zero-order chi connectivity index (χ0) is 22.7. The molecule has 1 heterocycles. The summed E-state index contributed by atoms with van der Waals surface area (Å²) in [6.07, 6.45) is 2.07. The van der Waals surface area contributed by atoms with Gasteiger partial charge < -0.3 is 37.8 Å². The summed E-state index contributed by atoms with van der Waals surface area (Å²) >= 11 is 0. The molecule has 1 rings (SSSR count). The maximum Gasteiger partial charge on any atom is 0.326 e. The Morgan fingerprint density at radius 2 is 1.73 bits per heavy atom. The number of nitrogens with zero attached hydrogens (tertiary/aromatic N) is 1. The molecule has 1 aliphatic rings. The molecule has 12 heteroatoms. The average Bonchev–Trinajstić information content (AvgIpc) is 3.19. The van der Waals surface area contributed by atoms with Crippen LogP contribution >= 0.6 is 0 Å². The minimum atomic E-state index is -1.14. The molecule has 30 heavy (non-hydrogen) atoms. The van der Waals surface area contributed by atoms with Gasteiger partial charge in [-0.05, 0) is 45.1 Å². The van der Waals surface area contributed by atoms with Gasteiger partial charge in [0, 0.05) is 13.0 Å². The van der Waals surface area contributed by atoms with Crippen LogP contribution in [0.5, 0.6) is 0 Å². The van der Waals surface area contributed by atoms with E-state index in [1.165, 1.54) is 4.90 Å². The number of likely N-dealkylation sites (tertiary alicyclic amines) is 1. The molecule has 0 aliphatic carbocycles. The number of unbranched alkanes of at least 4 members (excludes halogenated alkanes) is 1. The Hall–Kier alpha value is -2.73. The minimum absolute atomic E-state index is 0.0803. The standard InChI is InChI=1S/C18H32N6O6/c19-8-2-1-4-11(22-15(26)10-20)16(27)23-12(6-7-14(21)25)17(28)24-9-3-5-13(24)18(29)30/h11-13H,1-10,19-20H2,(H2,21,25)(H,22,26)(H,23,27)(H,29,30). The van der Waals surface area contributed by atoms with Gasteiger partial charge in [-0.2, -0.15) is 0 Å². The van der Waals surface area contributed by atoms with Gasteiger partial charge in [0.15, 0.2) is 0 Å². The minimum Gasteiger partial charge on any atom is -0.480 e. The third-order valence-corrected chi connectivity index (χ3v) is 4.90. The van der Waals surface area contributed by atoms with Crippen LogP contribution in [0.25, 0.3) is 0 Å². The zero-order valence-electron chi connectivity index (χ0n) is 17.0. The highest BCUT2D eigenvalue weighted by Crippen LogP contribution is 2.19. The molecule has 9 N–H and O–H groups in total. The zero-order valence-corrected chi connectivity index (χ0v) is 17.0. The number of hydrogen-bond donors (Lipinski definition) is 6. The summed E-state index contributed by atoms with van der Waals surface area (Å²) in [6.45, 7) is 0.353. The molecular formula is C18H32N6O6. The number of nitrogens with one attached hydrogen (secondary N) is 2. The Kier molecular flexibility index (Phi) is 10.8. The van der Waals surface area contributed by atoms with E-state index in [1.54, 1.807) is 0 Å². The number of primary amides is 1. The molecule has 0 aromatic carbocycles.